The molecule has 0 aliphatic heterocycles. The zero-order valence-corrected chi connectivity index (χ0v) is 12.4. The molecule has 0 amide bonds. The molecule has 0 saturated heterocycles. The smallest absolute Gasteiger partial charge is 0.222 e. The van der Waals surface area contributed by atoms with E-state index in [2.05, 4.69) is 38.1 Å². The molecule has 0 aliphatic carbocycles. The quantitative estimate of drug-likeness (QED) is 0.889. The Morgan fingerprint density at radius 1 is 1.26 bits per heavy atom. The Bertz CT molecular complexity index is 527. The Balaban J connectivity index is 2.09. The van der Waals surface area contributed by atoms with E-state index in [1.165, 1.54) is 0 Å². The van der Waals surface area contributed by atoms with Crippen LogP contribution in [0.25, 0.3) is 11.1 Å². The maximum Gasteiger partial charge on any atom is 0.222 e. The predicted molar refractivity (Wildman–Crippen MR) is 81.9 cm³/mol. The van der Waals surface area contributed by atoms with Crippen molar-refractivity contribution >= 4 is 21.9 Å². The minimum Gasteiger partial charge on any atom is -0.354 e. The Morgan fingerprint density at radius 3 is 2.58 bits per heavy atom. The van der Waals surface area contributed by atoms with Crippen LogP contribution in [0.15, 0.2) is 41.1 Å². The van der Waals surface area contributed by atoms with E-state index in [0.717, 1.165) is 22.1 Å². The van der Waals surface area contributed by atoms with E-state index >= 15 is 0 Å². The van der Waals surface area contributed by atoms with Crippen LogP contribution in [-0.4, -0.2) is 23.1 Å². The summed E-state index contributed by atoms with van der Waals surface area (Å²) in [5.74, 6) is 1.04. The summed E-state index contributed by atoms with van der Waals surface area (Å²) in [6.07, 6.45) is 3.64. The average Bonchev–Trinajstić information content (AvgIpc) is 2.46. The zero-order valence-electron chi connectivity index (χ0n) is 10.8. The fourth-order valence-corrected chi connectivity index (χ4v) is 2.12. The first-order chi connectivity index (χ1) is 9.20. The van der Waals surface area contributed by atoms with Gasteiger partial charge in [-0.1, -0.05) is 41.1 Å². The molecule has 1 aromatic carbocycles. The summed E-state index contributed by atoms with van der Waals surface area (Å²) in [5, 5.41) is 3.17. The lowest BCUT2D eigenvalue weighted by atomic mass is 10.1. The normalized spacial score (nSPS) is 12.2. The van der Waals surface area contributed by atoms with Crippen LogP contribution in [0.2, 0.25) is 0 Å². The van der Waals surface area contributed by atoms with Crippen molar-refractivity contribution in [1.82, 2.24) is 9.97 Å². The van der Waals surface area contributed by atoms with E-state index < -0.39 is 0 Å². The number of nitrogens with one attached hydrogen (secondary N) is 1. The third kappa shape index (κ3) is 3.75. The number of hydrogen-bond donors (Lipinski definition) is 2. The Labute approximate surface area is 121 Å². The van der Waals surface area contributed by atoms with Gasteiger partial charge in [-0.05, 0) is 24.1 Å². The van der Waals surface area contributed by atoms with Gasteiger partial charge in [0.25, 0.3) is 0 Å². The molecule has 0 saturated carbocycles. The number of nitrogens with zero attached hydrogens (tertiary/aromatic N) is 2. The van der Waals surface area contributed by atoms with E-state index in [1.807, 2.05) is 36.7 Å². The minimum absolute atomic E-state index is 0.409. The number of rotatable bonds is 5. The largest absolute Gasteiger partial charge is 0.354 e. The molecule has 2 aromatic rings. The number of benzene rings is 1. The molecule has 5 heteroatoms. The SMILES string of the molecule is CC(CN)CNc1ncc(-c2ccccc2Br)cn1. The second-order valence-corrected chi connectivity index (χ2v) is 5.35. The highest BCUT2D eigenvalue weighted by Crippen LogP contribution is 2.26. The first-order valence-electron chi connectivity index (χ1n) is 6.21. The molecule has 1 atom stereocenters. The number of halogens is 1. The molecule has 0 spiro atoms. The standard InChI is InChI=1S/C14H17BrN4/c1-10(6-16)7-17-14-18-8-11(9-19-14)12-4-2-3-5-13(12)15/h2-5,8-10H,6-7,16H2,1H3,(H,17,18,19). The van der Waals surface area contributed by atoms with Crippen molar-refractivity contribution in [3.05, 3.63) is 41.1 Å². The van der Waals surface area contributed by atoms with Crippen LogP contribution in [0.1, 0.15) is 6.92 Å². The van der Waals surface area contributed by atoms with Crippen molar-refractivity contribution in [3.63, 3.8) is 0 Å². The lowest BCUT2D eigenvalue weighted by Gasteiger charge is -2.10. The first-order valence-corrected chi connectivity index (χ1v) is 7.01. The molecule has 1 unspecified atom stereocenters. The molecule has 1 aromatic heterocycles. The van der Waals surface area contributed by atoms with Crippen molar-refractivity contribution in [2.24, 2.45) is 11.7 Å². The monoisotopic (exact) mass is 320 g/mol. The highest BCUT2D eigenvalue weighted by atomic mass is 79.9. The maximum atomic E-state index is 5.57. The Hall–Kier alpha value is -1.46. The molecule has 0 fully saturated rings. The summed E-state index contributed by atoms with van der Waals surface area (Å²) in [7, 11) is 0. The Kier molecular flexibility index (Phi) is 4.87. The highest BCUT2D eigenvalue weighted by Gasteiger charge is 2.04. The van der Waals surface area contributed by atoms with Crippen LogP contribution in [-0.2, 0) is 0 Å². The number of nitrogens with two attached hydrogens (primary N) is 1. The molecule has 100 valence electrons. The second kappa shape index (κ2) is 6.63. The minimum atomic E-state index is 0.409. The van der Waals surface area contributed by atoms with Crippen molar-refractivity contribution < 1.29 is 0 Å². The first kappa shape index (κ1) is 14.0. The average molecular weight is 321 g/mol. The van der Waals surface area contributed by atoms with E-state index in [-0.39, 0.29) is 0 Å². The van der Waals surface area contributed by atoms with Crippen LogP contribution in [0.4, 0.5) is 5.95 Å². The van der Waals surface area contributed by atoms with Gasteiger partial charge < -0.3 is 11.1 Å². The van der Waals surface area contributed by atoms with Crippen molar-refractivity contribution in [3.8, 4) is 11.1 Å². The van der Waals surface area contributed by atoms with Gasteiger partial charge in [0, 0.05) is 29.0 Å². The van der Waals surface area contributed by atoms with Gasteiger partial charge in [0.15, 0.2) is 0 Å². The molecule has 0 radical (unpaired) electrons. The third-order valence-electron chi connectivity index (χ3n) is 2.85. The molecule has 19 heavy (non-hydrogen) atoms. The lowest BCUT2D eigenvalue weighted by Crippen LogP contribution is -2.20. The van der Waals surface area contributed by atoms with Gasteiger partial charge in [-0.3, -0.25) is 0 Å². The summed E-state index contributed by atoms with van der Waals surface area (Å²) < 4.78 is 1.04. The molecule has 0 bridgehead atoms. The molecule has 1 heterocycles. The number of anilines is 1. The van der Waals surface area contributed by atoms with E-state index in [9.17, 15) is 0 Å². The summed E-state index contributed by atoms with van der Waals surface area (Å²) in [4.78, 5) is 8.64. The van der Waals surface area contributed by atoms with Crippen LogP contribution >= 0.6 is 15.9 Å². The lowest BCUT2D eigenvalue weighted by molar-refractivity contribution is 0.625. The van der Waals surface area contributed by atoms with Gasteiger partial charge in [0.05, 0.1) is 0 Å². The highest BCUT2D eigenvalue weighted by molar-refractivity contribution is 9.10. The molecule has 4 nitrogen and oxygen atoms in total. The van der Waals surface area contributed by atoms with Crippen molar-refractivity contribution in [2.75, 3.05) is 18.4 Å². The maximum absolute atomic E-state index is 5.57. The van der Waals surface area contributed by atoms with Crippen LogP contribution < -0.4 is 11.1 Å². The van der Waals surface area contributed by atoms with E-state index in [1.54, 1.807) is 0 Å². The van der Waals surface area contributed by atoms with Gasteiger partial charge in [0.2, 0.25) is 5.95 Å². The van der Waals surface area contributed by atoms with Crippen molar-refractivity contribution in [2.45, 2.75) is 6.92 Å². The molecular weight excluding hydrogens is 304 g/mol. The molecule has 0 aliphatic rings. The molecule has 3 N–H and O–H groups in total. The van der Waals surface area contributed by atoms with Crippen LogP contribution in [0.3, 0.4) is 0 Å². The van der Waals surface area contributed by atoms with Gasteiger partial charge in [0.1, 0.15) is 0 Å². The third-order valence-corrected chi connectivity index (χ3v) is 3.54. The van der Waals surface area contributed by atoms with E-state index in [4.69, 9.17) is 5.73 Å². The zero-order chi connectivity index (χ0) is 13.7. The fraction of sp³-hybridized carbons (Fsp3) is 0.286. The summed E-state index contributed by atoms with van der Waals surface area (Å²) in [6, 6.07) is 8.02. The Morgan fingerprint density at radius 2 is 1.95 bits per heavy atom. The fourth-order valence-electron chi connectivity index (χ4n) is 1.60. The van der Waals surface area contributed by atoms with Crippen molar-refractivity contribution in [1.29, 1.82) is 0 Å². The van der Waals surface area contributed by atoms with Crippen LogP contribution in [0, 0.1) is 5.92 Å². The van der Waals surface area contributed by atoms with Gasteiger partial charge in [-0.25, -0.2) is 9.97 Å². The summed E-state index contributed by atoms with van der Waals surface area (Å²) in [6.45, 7) is 3.52. The predicted octanol–water partition coefficient (Wildman–Crippen LogP) is 2.91. The van der Waals surface area contributed by atoms with Gasteiger partial charge in [-0.15, -0.1) is 0 Å². The molecule has 2 rings (SSSR count). The van der Waals surface area contributed by atoms with Crippen LogP contribution in [0.5, 0.6) is 0 Å². The van der Waals surface area contributed by atoms with Gasteiger partial charge >= 0.3 is 0 Å². The number of aromatic nitrogens is 2. The van der Waals surface area contributed by atoms with Gasteiger partial charge in [-0.2, -0.15) is 0 Å². The second-order valence-electron chi connectivity index (χ2n) is 4.50. The topological polar surface area (TPSA) is 63.8 Å². The number of hydrogen-bond acceptors (Lipinski definition) is 4. The summed E-state index contributed by atoms with van der Waals surface area (Å²) >= 11 is 3.53. The molecular formula is C14H17BrN4. The summed E-state index contributed by atoms with van der Waals surface area (Å²) in [5.41, 5.74) is 7.64. The van der Waals surface area contributed by atoms with E-state index in [0.29, 0.717) is 18.4 Å².